The maximum Gasteiger partial charge on any atom is 0.356 e. The van der Waals surface area contributed by atoms with Crippen molar-refractivity contribution in [3.8, 4) is 0 Å². The van der Waals surface area contributed by atoms with Crippen LogP contribution in [0.1, 0.15) is 109 Å². The zero-order valence-corrected chi connectivity index (χ0v) is 26.1. The minimum atomic E-state index is -3.33. The highest BCUT2D eigenvalue weighted by atomic mass is 32.2. The van der Waals surface area contributed by atoms with Gasteiger partial charge in [0.2, 0.25) is 0 Å². The molecule has 0 spiro atoms. The molecule has 2 fully saturated rings. The van der Waals surface area contributed by atoms with Gasteiger partial charge >= 0.3 is 13.3 Å². The molecule has 2 unspecified atom stereocenters. The average Bonchev–Trinajstić information content (AvgIpc) is 2.91. The van der Waals surface area contributed by atoms with Crippen LogP contribution in [-0.4, -0.2) is 50.9 Å². The second kappa shape index (κ2) is 19.2. The van der Waals surface area contributed by atoms with Gasteiger partial charge in [-0.2, -0.15) is 4.98 Å². The Labute approximate surface area is 243 Å². The molecule has 1 saturated heterocycles. The van der Waals surface area contributed by atoms with Gasteiger partial charge in [0, 0.05) is 28.5 Å². The third kappa shape index (κ3) is 13.7. The first-order valence-corrected chi connectivity index (χ1v) is 18.8. The van der Waals surface area contributed by atoms with E-state index in [0.717, 1.165) is 24.5 Å². The number of hydrogen-bond acceptors (Lipinski definition) is 8. The molecule has 2 heterocycles. The lowest BCUT2D eigenvalue weighted by molar-refractivity contribution is -0.0144. The van der Waals surface area contributed by atoms with Gasteiger partial charge < -0.3 is 19.5 Å². The Morgan fingerprint density at radius 3 is 2.17 bits per heavy atom. The molecule has 1 aromatic heterocycles. The molecular weight excluding hydrogens is 549 g/mol. The summed E-state index contributed by atoms with van der Waals surface area (Å²) in [6.07, 6.45) is 23.3. The maximum absolute atomic E-state index is 12.7. The summed E-state index contributed by atoms with van der Waals surface area (Å²) in [6.45, 7) is 0.505. The molecule has 11 heteroatoms. The number of nitrogen functional groups attached to an aromatic ring is 1. The monoisotopic (exact) mass is 601 g/mol. The number of ether oxygens (including phenoxy) is 1. The molecular formula is C29H52N3O6PS. The molecule has 1 saturated carbocycles. The summed E-state index contributed by atoms with van der Waals surface area (Å²) in [5, 5.41) is 0. The topological polar surface area (TPSA) is 123 Å². The van der Waals surface area contributed by atoms with Crippen molar-refractivity contribution in [3.05, 3.63) is 22.7 Å². The molecule has 2 aliphatic rings. The van der Waals surface area contributed by atoms with Crippen LogP contribution in [0.15, 0.2) is 17.1 Å². The molecule has 1 aromatic rings. The third-order valence-corrected chi connectivity index (χ3v) is 11.1. The third-order valence-electron chi connectivity index (χ3n) is 7.98. The van der Waals surface area contributed by atoms with Gasteiger partial charge in [0.1, 0.15) is 18.3 Å². The van der Waals surface area contributed by atoms with Gasteiger partial charge in [-0.05, 0) is 24.8 Å². The molecule has 0 aromatic carbocycles. The Bertz CT molecular complexity index is 961. The minimum absolute atomic E-state index is 0.0559. The number of aromatic nitrogens is 2. The number of unbranched alkanes of at least 4 members (excludes halogenated alkanes) is 11. The second-order valence-electron chi connectivity index (χ2n) is 11.5. The van der Waals surface area contributed by atoms with Crippen LogP contribution in [0.3, 0.4) is 0 Å². The van der Waals surface area contributed by atoms with Gasteiger partial charge in [-0.15, -0.1) is 0 Å². The van der Waals surface area contributed by atoms with Crippen molar-refractivity contribution in [1.82, 2.24) is 9.55 Å². The Balaban J connectivity index is 1.08. The lowest BCUT2D eigenvalue weighted by Crippen LogP contribution is -2.35. The Morgan fingerprint density at radius 1 is 0.975 bits per heavy atom. The average molecular weight is 602 g/mol. The van der Waals surface area contributed by atoms with E-state index >= 15 is 0 Å². The fourth-order valence-corrected chi connectivity index (χ4v) is 7.82. The van der Waals surface area contributed by atoms with Gasteiger partial charge in [0.25, 0.3) is 0 Å². The normalized spacial score (nSPS) is 22.2. The van der Waals surface area contributed by atoms with E-state index < -0.39 is 30.2 Å². The molecule has 40 heavy (non-hydrogen) atoms. The summed E-state index contributed by atoms with van der Waals surface area (Å²) in [5.74, 6) is 2.49. The molecule has 0 bridgehead atoms. The number of hydrogen-bond donors (Lipinski definition) is 1. The van der Waals surface area contributed by atoms with E-state index in [-0.39, 0.29) is 31.9 Å². The zero-order chi connectivity index (χ0) is 28.5. The first-order valence-electron chi connectivity index (χ1n) is 15.6. The van der Waals surface area contributed by atoms with Gasteiger partial charge in [-0.3, -0.25) is 13.3 Å². The van der Waals surface area contributed by atoms with Gasteiger partial charge in [0.05, 0.1) is 19.8 Å². The fourth-order valence-electron chi connectivity index (χ4n) is 5.23. The Kier molecular flexibility index (Phi) is 16.0. The van der Waals surface area contributed by atoms with Crippen LogP contribution in [0, 0.1) is 5.92 Å². The Morgan fingerprint density at radius 2 is 1.60 bits per heavy atom. The highest BCUT2D eigenvalue weighted by molar-refractivity contribution is 7.84. The van der Waals surface area contributed by atoms with E-state index in [1.165, 1.54) is 101 Å². The molecule has 0 amide bonds. The summed E-state index contributed by atoms with van der Waals surface area (Å²) >= 11 is 0. The van der Waals surface area contributed by atoms with Gasteiger partial charge in [-0.1, -0.05) is 96.3 Å². The summed E-state index contributed by atoms with van der Waals surface area (Å²) in [4.78, 5) is 15.5. The van der Waals surface area contributed by atoms with Crippen LogP contribution >= 0.6 is 7.60 Å². The van der Waals surface area contributed by atoms with Crippen molar-refractivity contribution >= 4 is 24.2 Å². The molecule has 230 valence electrons. The van der Waals surface area contributed by atoms with Gasteiger partial charge in [0.15, 0.2) is 0 Å². The van der Waals surface area contributed by atoms with E-state index in [1.54, 1.807) is 6.20 Å². The number of nitrogens with zero attached hydrogens (tertiary/aromatic N) is 2. The number of nitrogens with two attached hydrogens (primary N) is 1. The SMILES string of the molecule is Nc1ccn(C[C@H]2COP(=O)(OCCCS(=O)CCCCCCCCCCCCCCC3CCC3)CO2)c(=O)n1. The van der Waals surface area contributed by atoms with Crippen LogP contribution < -0.4 is 11.4 Å². The molecule has 3 rings (SSSR count). The molecule has 2 N–H and O–H groups in total. The van der Waals surface area contributed by atoms with E-state index in [1.807, 2.05) is 0 Å². The first-order chi connectivity index (χ1) is 19.4. The van der Waals surface area contributed by atoms with Crippen molar-refractivity contribution in [1.29, 1.82) is 0 Å². The van der Waals surface area contributed by atoms with Crippen LogP contribution in [0.25, 0.3) is 0 Å². The first kappa shape index (κ1) is 33.4. The highest BCUT2D eigenvalue weighted by Crippen LogP contribution is 2.50. The molecule has 1 aliphatic carbocycles. The van der Waals surface area contributed by atoms with Crippen molar-refractivity contribution < 1.29 is 22.6 Å². The summed E-state index contributed by atoms with van der Waals surface area (Å²) in [5.41, 5.74) is 5.03. The quantitative estimate of drug-likeness (QED) is 0.119. The summed E-state index contributed by atoms with van der Waals surface area (Å²) in [7, 11) is -4.21. The summed E-state index contributed by atoms with van der Waals surface area (Å²) < 4.78 is 42.9. The van der Waals surface area contributed by atoms with E-state index in [4.69, 9.17) is 19.5 Å². The van der Waals surface area contributed by atoms with E-state index in [2.05, 4.69) is 4.98 Å². The number of anilines is 1. The van der Waals surface area contributed by atoms with Crippen LogP contribution in [0.4, 0.5) is 5.82 Å². The van der Waals surface area contributed by atoms with Crippen molar-refractivity contribution in [2.45, 2.75) is 122 Å². The van der Waals surface area contributed by atoms with Crippen molar-refractivity contribution in [2.75, 3.05) is 36.8 Å². The smallest absolute Gasteiger partial charge is 0.356 e. The second-order valence-corrected chi connectivity index (χ2v) is 15.2. The van der Waals surface area contributed by atoms with Gasteiger partial charge in [-0.25, -0.2) is 4.79 Å². The molecule has 9 nitrogen and oxygen atoms in total. The lowest BCUT2D eigenvalue weighted by atomic mass is 9.81. The molecule has 1 aliphatic heterocycles. The van der Waals surface area contributed by atoms with Crippen LogP contribution in [0.2, 0.25) is 0 Å². The summed E-state index contributed by atoms with van der Waals surface area (Å²) in [6, 6.07) is 1.53. The maximum atomic E-state index is 12.7. The molecule has 0 radical (unpaired) electrons. The van der Waals surface area contributed by atoms with Crippen molar-refractivity contribution in [3.63, 3.8) is 0 Å². The highest BCUT2D eigenvalue weighted by Gasteiger charge is 2.33. The lowest BCUT2D eigenvalue weighted by Gasteiger charge is -2.29. The predicted octanol–water partition coefficient (Wildman–Crippen LogP) is 6.42. The predicted molar refractivity (Wildman–Crippen MR) is 162 cm³/mol. The van der Waals surface area contributed by atoms with E-state index in [0.29, 0.717) is 12.2 Å². The van der Waals surface area contributed by atoms with Crippen LogP contribution in [-0.2, 0) is 35.7 Å². The largest absolute Gasteiger partial charge is 0.383 e. The molecule has 3 atom stereocenters. The standard InChI is InChI=1S/C29H52N3O6PS/c30-28-18-19-32(29(33)31-28)23-27-24-38-39(34,25-36-27)37-20-14-22-40(35)21-12-10-8-6-4-2-1-3-5-7-9-11-15-26-16-13-17-26/h18-19,26-27H,1-17,20-25H2,(H2,30,31,33)/t27-,39?,40?/m0/s1. The van der Waals surface area contributed by atoms with Crippen LogP contribution in [0.5, 0.6) is 0 Å². The minimum Gasteiger partial charge on any atom is -0.383 e. The zero-order valence-electron chi connectivity index (χ0n) is 24.3. The van der Waals surface area contributed by atoms with E-state index in [9.17, 15) is 13.6 Å². The fraction of sp³-hybridized carbons (Fsp3) is 0.862. The Hall–Kier alpha value is -1.06. The number of rotatable bonds is 22. The van der Waals surface area contributed by atoms with Crippen molar-refractivity contribution in [2.24, 2.45) is 5.92 Å².